The van der Waals surface area contributed by atoms with Crippen LogP contribution < -0.4 is 0 Å². The molecule has 2 atom stereocenters. The summed E-state index contributed by atoms with van der Waals surface area (Å²) in [5.41, 5.74) is 3.36. The number of esters is 2. The van der Waals surface area contributed by atoms with Crippen LogP contribution in [0.25, 0.3) is 0 Å². The minimum absolute atomic E-state index is 0.0509. The van der Waals surface area contributed by atoms with Gasteiger partial charge in [-0.3, -0.25) is 14.6 Å². The number of carbonyl (C=O) groups is 3. The van der Waals surface area contributed by atoms with Gasteiger partial charge in [0.2, 0.25) is 0 Å². The van der Waals surface area contributed by atoms with Crippen LogP contribution in [0.3, 0.4) is 0 Å². The van der Waals surface area contributed by atoms with Gasteiger partial charge in [-0.25, -0.2) is 4.79 Å². The summed E-state index contributed by atoms with van der Waals surface area (Å²) in [6.07, 6.45) is 7.02. The largest absolute Gasteiger partial charge is 0.465 e. The quantitative estimate of drug-likeness (QED) is 0.665. The number of hydrogen-bond donors (Lipinski definition) is 0. The molecule has 0 bridgehead atoms. The average molecular weight is 424 g/mol. The second-order valence-electron chi connectivity index (χ2n) is 8.66. The Kier molecular flexibility index (Phi) is 6.35. The molecule has 31 heavy (non-hydrogen) atoms. The molecule has 1 aromatic carbocycles. The van der Waals surface area contributed by atoms with Gasteiger partial charge in [0.15, 0.2) is 5.78 Å². The van der Waals surface area contributed by atoms with Gasteiger partial charge in [0.1, 0.15) is 12.0 Å². The maximum Gasteiger partial charge on any atom is 0.337 e. The Morgan fingerprint density at radius 2 is 1.71 bits per heavy atom. The van der Waals surface area contributed by atoms with Gasteiger partial charge in [0.25, 0.3) is 0 Å². The van der Waals surface area contributed by atoms with Crippen molar-refractivity contribution in [2.75, 3.05) is 7.11 Å². The highest BCUT2D eigenvalue weighted by molar-refractivity contribution is 6.08. The van der Waals surface area contributed by atoms with E-state index in [9.17, 15) is 14.4 Å². The molecule has 0 radical (unpaired) electrons. The Morgan fingerprint density at radius 3 is 2.39 bits per heavy atom. The number of ketones is 1. The SMILES string of the molecule is COC(=O)c1ccc([C@@H]2C3=C(CCCC3=O)N=C(C)C2C(=O)OC2CCCCC2)cc1. The van der Waals surface area contributed by atoms with Crippen molar-refractivity contribution in [2.24, 2.45) is 10.9 Å². The topological polar surface area (TPSA) is 82.0 Å². The molecule has 2 aliphatic carbocycles. The molecule has 1 heterocycles. The van der Waals surface area contributed by atoms with E-state index in [1.807, 2.05) is 19.1 Å². The number of benzene rings is 1. The van der Waals surface area contributed by atoms with Crippen molar-refractivity contribution in [1.29, 1.82) is 0 Å². The van der Waals surface area contributed by atoms with Gasteiger partial charge in [-0.15, -0.1) is 0 Å². The summed E-state index contributed by atoms with van der Waals surface area (Å²) in [6.45, 7) is 1.85. The summed E-state index contributed by atoms with van der Waals surface area (Å²) in [4.78, 5) is 42.8. The molecule has 6 heteroatoms. The highest BCUT2D eigenvalue weighted by Crippen LogP contribution is 2.44. The first-order valence-electron chi connectivity index (χ1n) is 11.2. The Balaban J connectivity index is 1.71. The van der Waals surface area contributed by atoms with E-state index in [0.29, 0.717) is 23.3 Å². The molecule has 3 aliphatic rings. The van der Waals surface area contributed by atoms with Crippen LogP contribution in [-0.2, 0) is 19.1 Å². The Hall–Kier alpha value is -2.76. The summed E-state index contributed by atoms with van der Waals surface area (Å²) >= 11 is 0. The molecule has 0 amide bonds. The molecule has 0 N–H and O–H groups in total. The molecule has 1 saturated carbocycles. The van der Waals surface area contributed by atoms with Crippen LogP contribution in [0.1, 0.15) is 80.1 Å². The van der Waals surface area contributed by atoms with Crippen LogP contribution in [0.2, 0.25) is 0 Å². The van der Waals surface area contributed by atoms with Crippen LogP contribution in [0.15, 0.2) is 40.5 Å². The van der Waals surface area contributed by atoms with E-state index in [-0.39, 0.29) is 17.9 Å². The first-order chi connectivity index (χ1) is 15.0. The van der Waals surface area contributed by atoms with Crippen molar-refractivity contribution >= 4 is 23.4 Å². The van der Waals surface area contributed by atoms with Gasteiger partial charge in [0.05, 0.1) is 12.7 Å². The molecule has 0 aromatic heterocycles. The Morgan fingerprint density at radius 1 is 1.00 bits per heavy atom. The molecular weight excluding hydrogens is 394 g/mol. The number of nitrogens with zero attached hydrogens (tertiary/aromatic N) is 1. The molecule has 1 aromatic rings. The van der Waals surface area contributed by atoms with Crippen LogP contribution >= 0.6 is 0 Å². The first-order valence-corrected chi connectivity index (χ1v) is 11.2. The van der Waals surface area contributed by atoms with Gasteiger partial charge in [-0.05, 0) is 63.1 Å². The molecule has 1 unspecified atom stereocenters. The summed E-state index contributed by atoms with van der Waals surface area (Å²) < 4.78 is 10.7. The van der Waals surface area contributed by atoms with Crippen LogP contribution in [-0.4, -0.2) is 36.6 Å². The van der Waals surface area contributed by atoms with Crippen molar-refractivity contribution in [3.63, 3.8) is 0 Å². The molecule has 4 rings (SSSR count). The summed E-state index contributed by atoms with van der Waals surface area (Å²) in [6, 6.07) is 6.98. The lowest BCUT2D eigenvalue weighted by Gasteiger charge is -2.35. The van der Waals surface area contributed by atoms with E-state index < -0.39 is 17.8 Å². The fraction of sp³-hybridized carbons (Fsp3) is 0.520. The monoisotopic (exact) mass is 423 g/mol. The maximum absolute atomic E-state index is 13.4. The van der Waals surface area contributed by atoms with Gasteiger partial charge in [-0.2, -0.15) is 0 Å². The van der Waals surface area contributed by atoms with Gasteiger partial charge >= 0.3 is 11.9 Å². The van der Waals surface area contributed by atoms with E-state index in [2.05, 4.69) is 4.99 Å². The van der Waals surface area contributed by atoms with Gasteiger partial charge < -0.3 is 9.47 Å². The second kappa shape index (κ2) is 9.16. The fourth-order valence-corrected chi connectivity index (χ4v) is 5.04. The third-order valence-corrected chi connectivity index (χ3v) is 6.61. The van der Waals surface area contributed by atoms with Gasteiger partial charge in [-0.1, -0.05) is 18.6 Å². The molecular formula is C25H29NO5. The number of hydrogen-bond acceptors (Lipinski definition) is 6. The van der Waals surface area contributed by atoms with Crippen molar-refractivity contribution in [1.82, 2.24) is 0 Å². The molecule has 0 saturated heterocycles. The molecule has 6 nitrogen and oxygen atoms in total. The van der Waals surface area contributed by atoms with E-state index in [0.717, 1.165) is 49.8 Å². The third kappa shape index (κ3) is 4.34. The number of carbonyl (C=O) groups excluding carboxylic acids is 3. The predicted octanol–water partition coefficient (Wildman–Crippen LogP) is 4.53. The Labute approximate surface area is 182 Å². The maximum atomic E-state index is 13.4. The smallest absolute Gasteiger partial charge is 0.337 e. The molecule has 1 aliphatic heterocycles. The normalized spacial score (nSPS) is 24.3. The van der Waals surface area contributed by atoms with Crippen molar-refractivity contribution in [3.05, 3.63) is 46.7 Å². The van der Waals surface area contributed by atoms with Crippen molar-refractivity contribution < 1.29 is 23.9 Å². The van der Waals surface area contributed by atoms with Crippen LogP contribution in [0.5, 0.6) is 0 Å². The fourth-order valence-electron chi connectivity index (χ4n) is 5.04. The summed E-state index contributed by atoms with van der Waals surface area (Å²) in [7, 11) is 1.34. The summed E-state index contributed by atoms with van der Waals surface area (Å²) in [5.74, 6) is -1.75. The highest BCUT2D eigenvalue weighted by atomic mass is 16.5. The minimum Gasteiger partial charge on any atom is -0.465 e. The van der Waals surface area contributed by atoms with E-state index in [1.165, 1.54) is 13.5 Å². The third-order valence-electron chi connectivity index (χ3n) is 6.61. The predicted molar refractivity (Wildman–Crippen MR) is 116 cm³/mol. The number of aliphatic imine (C=N–C) groups is 1. The molecule has 1 fully saturated rings. The van der Waals surface area contributed by atoms with Crippen molar-refractivity contribution in [2.45, 2.75) is 70.3 Å². The molecule has 0 spiro atoms. The number of ether oxygens (including phenoxy) is 2. The van der Waals surface area contributed by atoms with E-state index >= 15 is 0 Å². The summed E-state index contributed by atoms with van der Waals surface area (Å²) in [5, 5.41) is 0. The lowest BCUT2D eigenvalue weighted by Crippen LogP contribution is -2.38. The standard InChI is InChI=1S/C25H29NO5/c1-15-21(25(29)31-18-7-4-3-5-8-18)22(23-19(26-15)9-6-10-20(23)27)16-11-13-17(14-12-16)24(28)30-2/h11-14,18,21-22H,3-10H2,1-2H3/t21?,22-/m0/s1. The lowest BCUT2D eigenvalue weighted by atomic mass is 9.71. The zero-order chi connectivity index (χ0) is 22.0. The van der Waals surface area contributed by atoms with E-state index in [4.69, 9.17) is 9.47 Å². The van der Waals surface area contributed by atoms with Crippen LogP contribution in [0, 0.1) is 5.92 Å². The average Bonchev–Trinajstić information content (AvgIpc) is 2.78. The van der Waals surface area contributed by atoms with Crippen molar-refractivity contribution in [3.8, 4) is 0 Å². The highest BCUT2D eigenvalue weighted by Gasteiger charge is 2.43. The lowest BCUT2D eigenvalue weighted by molar-refractivity contribution is -0.153. The zero-order valence-electron chi connectivity index (χ0n) is 18.2. The number of Topliss-reactive ketones (excluding diaryl/α,β-unsaturated/α-hetero) is 1. The zero-order valence-corrected chi connectivity index (χ0v) is 18.2. The Bertz CT molecular complexity index is 937. The second-order valence-corrected chi connectivity index (χ2v) is 8.66. The van der Waals surface area contributed by atoms with Gasteiger partial charge in [0, 0.05) is 29.3 Å². The number of rotatable bonds is 4. The minimum atomic E-state index is -0.633. The number of methoxy groups -OCH3 is 1. The molecule has 164 valence electrons. The van der Waals surface area contributed by atoms with Crippen LogP contribution in [0.4, 0.5) is 0 Å². The first kappa shape index (κ1) is 21.5. The van der Waals surface area contributed by atoms with E-state index in [1.54, 1.807) is 12.1 Å². The number of allylic oxidation sites excluding steroid dienone is 2.